The molecule has 1 atom stereocenters. The van der Waals surface area contributed by atoms with Crippen LogP contribution in [0, 0.1) is 0 Å². The van der Waals surface area contributed by atoms with Gasteiger partial charge in [-0.25, -0.2) is 8.42 Å². The molecule has 0 spiro atoms. The van der Waals surface area contributed by atoms with Crippen LogP contribution in [0.5, 0.6) is 5.75 Å². The first-order valence-electron chi connectivity index (χ1n) is 13.1. The number of amides is 2. The monoisotopic (exact) mass is 551 g/mol. The van der Waals surface area contributed by atoms with Crippen LogP contribution in [0.3, 0.4) is 0 Å². The molecule has 0 aliphatic rings. The minimum atomic E-state index is -4.11. The highest BCUT2D eigenvalue weighted by Crippen LogP contribution is 2.27. The van der Waals surface area contributed by atoms with E-state index in [2.05, 4.69) is 5.32 Å². The predicted octanol–water partition coefficient (Wildman–Crippen LogP) is 4.27. The molecule has 0 unspecified atom stereocenters. The maximum atomic E-state index is 14.0. The summed E-state index contributed by atoms with van der Waals surface area (Å²) < 4.78 is 34.0. The number of carbonyl (C=O) groups is 2. The average Bonchev–Trinajstić information content (AvgIpc) is 2.97. The summed E-state index contributed by atoms with van der Waals surface area (Å²) in [4.78, 5) is 28.6. The molecular formula is C30H37N3O5S. The smallest absolute Gasteiger partial charge is 0.264 e. The molecule has 0 aliphatic heterocycles. The summed E-state index contributed by atoms with van der Waals surface area (Å²) in [7, 11) is -2.62. The largest absolute Gasteiger partial charge is 0.497 e. The van der Waals surface area contributed by atoms with E-state index in [1.165, 1.54) is 24.1 Å². The van der Waals surface area contributed by atoms with Crippen LogP contribution < -0.4 is 14.4 Å². The van der Waals surface area contributed by atoms with Crippen LogP contribution in [0.25, 0.3) is 0 Å². The second-order valence-corrected chi connectivity index (χ2v) is 10.9. The molecule has 3 aromatic rings. The van der Waals surface area contributed by atoms with Gasteiger partial charge in [-0.15, -0.1) is 0 Å². The number of carbonyl (C=O) groups excluding carboxylic acids is 2. The van der Waals surface area contributed by atoms with Gasteiger partial charge in [0.2, 0.25) is 11.8 Å². The third-order valence-corrected chi connectivity index (χ3v) is 8.16. The van der Waals surface area contributed by atoms with E-state index < -0.39 is 28.5 Å². The van der Waals surface area contributed by atoms with Crippen molar-refractivity contribution in [3.8, 4) is 5.75 Å². The number of ether oxygens (including phenoxy) is 1. The predicted molar refractivity (Wildman–Crippen MR) is 153 cm³/mol. The van der Waals surface area contributed by atoms with E-state index >= 15 is 0 Å². The highest BCUT2D eigenvalue weighted by molar-refractivity contribution is 7.92. The Hall–Kier alpha value is -3.85. The standard InChI is InChI=1S/C30H37N3O5S/c1-4-20-31-30(35)28(5-2)32(21-19-24-13-8-6-9-14-24)29(34)23-33(25-15-12-16-26(22-25)38-3)39(36,37)27-17-10-7-11-18-27/h6-18,22,28H,4-5,19-21,23H2,1-3H3,(H,31,35)/t28-/m1/s1. The van der Waals surface area contributed by atoms with E-state index in [1.807, 2.05) is 44.2 Å². The molecule has 0 fully saturated rings. The van der Waals surface area contributed by atoms with Gasteiger partial charge in [0, 0.05) is 19.2 Å². The number of benzene rings is 3. The number of nitrogens with zero attached hydrogens (tertiary/aromatic N) is 2. The Balaban J connectivity index is 2.00. The van der Waals surface area contributed by atoms with E-state index in [1.54, 1.807) is 42.5 Å². The molecule has 0 radical (unpaired) electrons. The number of nitrogens with one attached hydrogen (secondary N) is 1. The Morgan fingerprint density at radius 2 is 1.59 bits per heavy atom. The van der Waals surface area contributed by atoms with Crippen molar-refractivity contribution in [2.45, 2.75) is 44.0 Å². The molecule has 9 heteroatoms. The Bertz CT molecular complexity index is 1320. The van der Waals surface area contributed by atoms with Crippen LogP contribution in [0.1, 0.15) is 32.3 Å². The Kier molecular flexibility index (Phi) is 10.9. The van der Waals surface area contributed by atoms with Gasteiger partial charge in [0.25, 0.3) is 10.0 Å². The summed E-state index contributed by atoms with van der Waals surface area (Å²) in [5.74, 6) is -0.258. The van der Waals surface area contributed by atoms with Crippen LogP contribution in [-0.2, 0) is 26.0 Å². The number of hydrogen-bond acceptors (Lipinski definition) is 5. The summed E-state index contributed by atoms with van der Waals surface area (Å²) in [6.45, 7) is 4.09. The second-order valence-electron chi connectivity index (χ2n) is 9.06. The van der Waals surface area contributed by atoms with Crippen molar-refractivity contribution >= 4 is 27.5 Å². The van der Waals surface area contributed by atoms with Crippen LogP contribution in [0.15, 0.2) is 89.8 Å². The third-order valence-electron chi connectivity index (χ3n) is 6.37. The minimum Gasteiger partial charge on any atom is -0.497 e. The zero-order valence-electron chi connectivity index (χ0n) is 22.7. The van der Waals surface area contributed by atoms with Crippen molar-refractivity contribution in [3.05, 3.63) is 90.5 Å². The average molecular weight is 552 g/mol. The number of sulfonamides is 1. The molecule has 1 N–H and O–H groups in total. The summed E-state index contributed by atoms with van der Waals surface area (Å²) in [5.41, 5.74) is 1.30. The highest BCUT2D eigenvalue weighted by atomic mass is 32.2. The van der Waals surface area contributed by atoms with Gasteiger partial charge in [-0.1, -0.05) is 68.4 Å². The van der Waals surface area contributed by atoms with Gasteiger partial charge in [-0.05, 0) is 49.1 Å². The molecule has 0 bridgehead atoms. The first-order valence-corrected chi connectivity index (χ1v) is 14.6. The molecule has 0 aromatic heterocycles. The quantitative estimate of drug-likeness (QED) is 0.323. The second kappa shape index (κ2) is 14.3. The summed E-state index contributed by atoms with van der Waals surface area (Å²) in [5, 5.41) is 2.89. The van der Waals surface area contributed by atoms with E-state index in [4.69, 9.17) is 4.74 Å². The molecule has 0 saturated carbocycles. The lowest BCUT2D eigenvalue weighted by Crippen LogP contribution is -2.53. The van der Waals surface area contributed by atoms with Crippen molar-refractivity contribution in [1.29, 1.82) is 0 Å². The topological polar surface area (TPSA) is 96.0 Å². The Morgan fingerprint density at radius 3 is 2.21 bits per heavy atom. The molecule has 208 valence electrons. The van der Waals surface area contributed by atoms with Crippen LogP contribution in [-0.4, -0.2) is 57.9 Å². The maximum absolute atomic E-state index is 14.0. The lowest BCUT2D eigenvalue weighted by molar-refractivity contribution is -0.139. The summed E-state index contributed by atoms with van der Waals surface area (Å²) >= 11 is 0. The van der Waals surface area contributed by atoms with Gasteiger partial charge in [-0.2, -0.15) is 0 Å². The number of hydrogen-bond donors (Lipinski definition) is 1. The first-order chi connectivity index (χ1) is 18.8. The van der Waals surface area contributed by atoms with Crippen molar-refractivity contribution in [3.63, 3.8) is 0 Å². The fourth-order valence-corrected chi connectivity index (χ4v) is 5.70. The Labute approximate surface area is 231 Å². The molecule has 39 heavy (non-hydrogen) atoms. The number of methoxy groups -OCH3 is 1. The molecule has 8 nitrogen and oxygen atoms in total. The van der Waals surface area contributed by atoms with Gasteiger partial charge >= 0.3 is 0 Å². The van der Waals surface area contributed by atoms with Crippen molar-refractivity contribution in [1.82, 2.24) is 10.2 Å². The van der Waals surface area contributed by atoms with Crippen molar-refractivity contribution in [2.75, 3.05) is 31.0 Å². The van der Waals surface area contributed by atoms with Crippen molar-refractivity contribution < 1.29 is 22.7 Å². The fourth-order valence-electron chi connectivity index (χ4n) is 4.28. The molecule has 0 saturated heterocycles. The summed E-state index contributed by atoms with van der Waals surface area (Å²) in [6, 6.07) is 23.5. The van der Waals surface area contributed by atoms with E-state index in [9.17, 15) is 18.0 Å². The maximum Gasteiger partial charge on any atom is 0.264 e. The van der Waals surface area contributed by atoms with E-state index in [0.717, 1.165) is 16.3 Å². The first kappa shape index (κ1) is 29.7. The molecule has 0 aliphatic carbocycles. The molecule has 3 aromatic carbocycles. The van der Waals surface area contributed by atoms with Crippen LogP contribution in [0.4, 0.5) is 5.69 Å². The lowest BCUT2D eigenvalue weighted by atomic mass is 10.1. The fraction of sp³-hybridized carbons (Fsp3) is 0.333. The van der Waals surface area contributed by atoms with Crippen LogP contribution in [0.2, 0.25) is 0 Å². The minimum absolute atomic E-state index is 0.0594. The van der Waals surface area contributed by atoms with E-state index in [-0.39, 0.29) is 23.0 Å². The normalized spacial score (nSPS) is 11.9. The zero-order valence-corrected chi connectivity index (χ0v) is 23.6. The molecule has 2 amide bonds. The zero-order chi connectivity index (χ0) is 28.3. The van der Waals surface area contributed by atoms with Gasteiger partial charge in [0.15, 0.2) is 0 Å². The number of anilines is 1. The van der Waals surface area contributed by atoms with Gasteiger partial charge in [-0.3, -0.25) is 13.9 Å². The van der Waals surface area contributed by atoms with Crippen LogP contribution >= 0.6 is 0 Å². The SMILES string of the molecule is CCCNC(=O)[C@@H](CC)N(CCc1ccccc1)C(=O)CN(c1cccc(OC)c1)S(=O)(=O)c1ccccc1. The molecule has 3 rings (SSSR count). The third kappa shape index (κ3) is 7.83. The lowest BCUT2D eigenvalue weighted by Gasteiger charge is -2.33. The van der Waals surface area contributed by atoms with Crippen molar-refractivity contribution in [2.24, 2.45) is 0 Å². The summed E-state index contributed by atoms with van der Waals surface area (Å²) in [6.07, 6.45) is 1.68. The molecular weight excluding hydrogens is 514 g/mol. The van der Waals surface area contributed by atoms with E-state index in [0.29, 0.717) is 25.1 Å². The number of rotatable bonds is 14. The molecule has 0 heterocycles. The van der Waals surface area contributed by atoms with Gasteiger partial charge in [0.1, 0.15) is 18.3 Å². The van der Waals surface area contributed by atoms with Gasteiger partial charge in [0.05, 0.1) is 17.7 Å². The van der Waals surface area contributed by atoms with Gasteiger partial charge < -0.3 is 15.0 Å². The Morgan fingerprint density at radius 1 is 0.923 bits per heavy atom. The highest BCUT2D eigenvalue weighted by Gasteiger charge is 2.33.